The monoisotopic (exact) mass is 270 g/mol. The normalized spacial score (nSPS) is 12.1. The van der Waals surface area contributed by atoms with Crippen LogP contribution in [0.25, 0.3) is 0 Å². The predicted octanol–water partition coefficient (Wildman–Crippen LogP) is 3.95. The molecule has 0 aliphatic heterocycles. The molecule has 0 aromatic heterocycles. The van der Waals surface area contributed by atoms with Gasteiger partial charge in [0, 0.05) is 26.1 Å². The van der Waals surface area contributed by atoms with E-state index in [2.05, 4.69) is 45.7 Å². The smallest absolute Gasteiger partial charge is 0.191 e. The molecule has 0 spiro atoms. The summed E-state index contributed by atoms with van der Waals surface area (Å²) in [6.07, 6.45) is 4.77. The third-order valence-electron chi connectivity index (χ3n) is 3.55. The van der Waals surface area contributed by atoms with E-state index in [9.17, 15) is 0 Å². The lowest BCUT2D eigenvalue weighted by molar-refractivity contribution is 0.280. The van der Waals surface area contributed by atoms with Crippen molar-refractivity contribution in [2.45, 2.75) is 71.0 Å². The molecule has 0 unspecified atom stereocenters. The van der Waals surface area contributed by atoms with Crippen molar-refractivity contribution >= 4 is 8.32 Å². The highest BCUT2D eigenvalue weighted by Gasteiger charge is 2.36. The Morgan fingerprint density at radius 2 is 1.56 bits per heavy atom. The zero-order chi connectivity index (χ0) is 14.1. The summed E-state index contributed by atoms with van der Waals surface area (Å²) < 4.78 is 6.10. The Kier molecular flexibility index (Phi) is 8.59. The van der Waals surface area contributed by atoms with Crippen LogP contribution < -0.4 is 0 Å². The molecular formula is C15H30O2Si. The highest BCUT2D eigenvalue weighted by molar-refractivity contribution is 6.74. The average Bonchev–Trinajstić information content (AvgIpc) is 2.25. The van der Waals surface area contributed by atoms with E-state index in [-0.39, 0.29) is 6.61 Å². The first kappa shape index (κ1) is 17.7. The van der Waals surface area contributed by atoms with E-state index >= 15 is 0 Å². The second-order valence-corrected chi connectivity index (χ2v) is 11.1. The Bertz CT molecular complexity index is 268. The van der Waals surface area contributed by atoms with Crippen molar-refractivity contribution in [3.8, 4) is 11.8 Å². The van der Waals surface area contributed by atoms with E-state index in [1.165, 1.54) is 0 Å². The third kappa shape index (κ3) is 7.92. The Morgan fingerprint density at radius 1 is 1.00 bits per heavy atom. The van der Waals surface area contributed by atoms with Gasteiger partial charge in [0.25, 0.3) is 0 Å². The fourth-order valence-corrected chi connectivity index (χ4v) is 2.29. The number of unbranched alkanes of at least 4 members (excludes halogenated alkanes) is 3. The largest absolute Gasteiger partial charge is 0.417 e. The molecule has 0 atom stereocenters. The van der Waals surface area contributed by atoms with Crippen LogP contribution in [0.4, 0.5) is 0 Å². The van der Waals surface area contributed by atoms with Crippen LogP contribution in [0.1, 0.15) is 52.9 Å². The lowest BCUT2D eigenvalue weighted by atomic mass is 10.2. The molecule has 2 nitrogen and oxygen atoms in total. The number of rotatable bonds is 7. The van der Waals surface area contributed by atoms with Gasteiger partial charge in [-0.25, -0.2) is 0 Å². The van der Waals surface area contributed by atoms with E-state index in [0.717, 1.165) is 38.7 Å². The summed E-state index contributed by atoms with van der Waals surface area (Å²) in [5, 5.41) is 8.90. The van der Waals surface area contributed by atoms with Gasteiger partial charge in [0.2, 0.25) is 0 Å². The Balaban J connectivity index is 3.59. The van der Waals surface area contributed by atoms with Crippen LogP contribution in [0.3, 0.4) is 0 Å². The van der Waals surface area contributed by atoms with Crippen LogP contribution in [-0.2, 0) is 4.43 Å². The molecule has 0 amide bonds. The van der Waals surface area contributed by atoms with Crippen molar-refractivity contribution in [2.24, 2.45) is 0 Å². The molecule has 0 saturated carbocycles. The van der Waals surface area contributed by atoms with Crippen LogP contribution in [0, 0.1) is 11.8 Å². The summed E-state index contributed by atoms with van der Waals surface area (Å²) in [4.78, 5) is 0. The molecule has 3 heteroatoms. The van der Waals surface area contributed by atoms with Gasteiger partial charge in [0.15, 0.2) is 8.32 Å². The lowest BCUT2D eigenvalue weighted by Crippen LogP contribution is -2.40. The van der Waals surface area contributed by atoms with E-state index in [1.54, 1.807) is 0 Å². The predicted molar refractivity (Wildman–Crippen MR) is 81.1 cm³/mol. The quantitative estimate of drug-likeness (QED) is 0.431. The van der Waals surface area contributed by atoms with Crippen molar-refractivity contribution < 1.29 is 9.53 Å². The van der Waals surface area contributed by atoms with E-state index in [1.807, 2.05) is 0 Å². The summed E-state index contributed by atoms with van der Waals surface area (Å²) in [6, 6.07) is 0. The number of hydrogen-bond acceptors (Lipinski definition) is 2. The van der Waals surface area contributed by atoms with E-state index < -0.39 is 8.32 Å². The van der Waals surface area contributed by atoms with Gasteiger partial charge in [-0.3, -0.25) is 0 Å². The second kappa shape index (κ2) is 8.74. The summed E-state index contributed by atoms with van der Waals surface area (Å²) in [7, 11) is -1.55. The lowest BCUT2D eigenvalue weighted by Gasteiger charge is -2.36. The molecular weight excluding hydrogens is 240 g/mol. The third-order valence-corrected chi connectivity index (χ3v) is 8.09. The number of hydrogen-bond donors (Lipinski definition) is 1. The maximum Gasteiger partial charge on any atom is 0.191 e. The number of aliphatic hydroxyl groups is 1. The minimum absolute atomic E-state index is 0.245. The zero-order valence-corrected chi connectivity index (χ0v) is 13.8. The Labute approximate surface area is 114 Å². The van der Waals surface area contributed by atoms with E-state index in [4.69, 9.17) is 9.53 Å². The van der Waals surface area contributed by atoms with Gasteiger partial charge < -0.3 is 9.53 Å². The SMILES string of the molecule is CC(C)(C)[Si](C)(C)OCCCCC#CCCCO. The summed E-state index contributed by atoms with van der Waals surface area (Å²) >= 11 is 0. The fraction of sp³-hybridized carbons (Fsp3) is 0.867. The average molecular weight is 270 g/mol. The van der Waals surface area contributed by atoms with Gasteiger partial charge in [-0.1, -0.05) is 20.8 Å². The molecule has 0 heterocycles. The van der Waals surface area contributed by atoms with Crippen molar-refractivity contribution in [3.05, 3.63) is 0 Å². The van der Waals surface area contributed by atoms with Crippen molar-refractivity contribution in [2.75, 3.05) is 13.2 Å². The molecule has 0 aliphatic rings. The van der Waals surface area contributed by atoms with Crippen LogP contribution in [0.5, 0.6) is 0 Å². The highest BCUT2D eigenvalue weighted by atomic mass is 28.4. The van der Waals surface area contributed by atoms with Gasteiger partial charge in [0.1, 0.15) is 0 Å². The van der Waals surface area contributed by atoms with Crippen LogP contribution >= 0.6 is 0 Å². The molecule has 18 heavy (non-hydrogen) atoms. The first-order valence-electron chi connectivity index (χ1n) is 7.02. The van der Waals surface area contributed by atoms with Crippen LogP contribution in [-0.4, -0.2) is 26.6 Å². The standard InChI is InChI=1S/C15H30O2Si/c1-15(2,3)18(4,5)17-14-12-10-8-6-7-9-11-13-16/h16H,8-14H2,1-5H3. The number of aliphatic hydroxyl groups excluding tert-OH is 1. The Hall–Kier alpha value is -0.303. The molecule has 0 rings (SSSR count). The molecule has 0 fully saturated rings. The summed E-state index contributed by atoms with van der Waals surface area (Å²) in [5.74, 6) is 6.22. The van der Waals surface area contributed by atoms with Gasteiger partial charge in [0.05, 0.1) is 0 Å². The molecule has 0 bridgehead atoms. The molecule has 0 aromatic rings. The van der Waals surface area contributed by atoms with Crippen LogP contribution in [0.2, 0.25) is 18.1 Å². The fourth-order valence-electron chi connectivity index (χ4n) is 1.20. The van der Waals surface area contributed by atoms with Crippen LogP contribution in [0.15, 0.2) is 0 Å². The molecule has 106 valence electrons. The minimum Gasteiger partial charge on any atom is -0.417 e. The Morgan fingerprint density at radius 3 is 2.06 bits per heavy atom. The second-order valence-electron chi connectivity index (χ2n) is 6.25. The maximum atomic E-state index is 8.60. The molecule has 0 saturated heterocycles. The summed E-state index contributed by atoms with van der Waals surface area (Å²) in [6.45, 7) is 12.5. The van der Waals surface area contributed by atoms with Gasteiger partial charge >= 0.3 is 0 Å². The molecule has 0 aliphatic carbocycles. The topological polar surface area (TPSA) is 29.5 Å². The van der Waals surface area contributed by atoms with E-state index in [0.29, 0.717) is 5.04 Å². The first-order chi connectivity index (χ1) is 8.31. The zero-order valence-electron chi connectivity index (χ0n) is 12.8. The molecule has 1 N–H and O–H groups in total. The summed E-state index contributed by atoms with van der Waals surface area (Å²) in [5.41, 5.74) is 0. The molecule has 0 radical (unpaired) electrons. The van der Waals surface area contributed by atoms with Gasteiger partial charge in [-0.05, 0) is 37.4 Å². The van der Waals surface area contributed by atoms with Gasteiger partial charge in [-0.15, -0.1) is 11.8 Å². The highest BCUT2D eigenvalue weighted by Crippen LogP contribution is 2.36. The van der Waals surface area contributed by atoms with Crippen molar-refractivity contribution in [1.82, 2.24) is 0 Å². The van der Waals surface area contributed by atoms with Gasteiger partial charge in [-0.2, -0.15) is 0 Å². The maximum absolute atomic E-state index is 8.60. The first-order valence-corrected chi connectivity index (χ1v) is 9.92. The molecule has 0 aromatic carbocycles. The van der Waals surface area contributed by atoms with Crippen molar-refractivity contribution in [1.29, 1.82) is 0 Å². The van der Waals surface area contributed by atoms with Crippen molar-refractivity contribution in [3.63, 3.8) is 0 Å². The minimum atomic E-state index is -1.55.